The van der Waals surface area contributed by atoms with Gasteiger partial charge in [0.15, 0.2) is 0 Å². The van der Waals surface area contributed by atoms with Crippen molar-refractivity contribution in [1.29, 1.82) is 0 Å². The molecule has 1 aromatic rings. The molecule has 3 nitrogen and oxygen atoms in total. The molecule has 0 radical (unpaired) electrons. The van der Waals surface area contributed by atoms with Gasteiger partial charge in [0.1, 0.15) is 0 Å². The monoisotopic (exact) mass is 350 g/mol. The molecular formula is C23H30N2O. The molecule has 5 aliphatic rings. The fraction of sp³-hybridized carbons (Fsp3) is 0.696. The molecule has 2 bridgehead atoms. The van der Waals surface area contributed by atoms with Gasteiger partial charge in [-0.3, -0.25) is 9.69 Å². The number of likely N-dealkylation sites (tertiary alicyclic amines) is 1. The van der Waals surface area contributed by atoms with Gasteiger partial charge in [-0.2, -0.15) is 0 Å². The predicted molar refractivity (Wildman–Crippen MR) is 102 cm³/mol. The lowest BCUT2D eigenvalue weighted by Gasteiger charge is -2.58. The highest BCUT2D eigenvalue weighted by molar-refractivity contribution is 5.93. The van der Waals surface area contributed by atoms with Crippen LogP contribution in [0.2, 0.25) is 0 Å². The van der Waals surface area contributed by atoms with Gasteiger partial charge in [-0.05, 0) is 73.6 Å². The van der Waals surface area contributed by atoms with Crippen LogP contribution >= 0.6 is 0 Å². The van der Waals surface area contributed by atoms with Gasteiger partial charge in [-0.1, -0.05) is 25.3 Å². The number of benzene rings is 1. The topological polar surface area (TPSA) is 46.3 Å². The number of hydrogen-bond donors (Lipinski definition) is 1. The summed E-state index contributed by atoms with van der Waals surface area (Å²) in [6.07, 6.45) is 12.4. The molecule has 26 heavy (non-hydrogen) atoms. The first-order chi connectivity index (χ1) is 12.6. The standard InChI is InChI=1S/C23H30N2O/c24-21(26)16-7-8-17-11-22-13-23(19(17)10-16)9-2-1-6-18(23)20(22)25(14-22)12-15-4-3-5-15/h7-8,10,15,18,20H,1-6,9,11-14H2,(H2,24,26). The van der Waals surface area contributed by atoms with Crippen molar-refractivity contribution in [2.45, 2.75) is 69.2 Å². The van der Waals surface area contributed by atoms with E-state index in [1.54, 1.807) is 0 Å². The van der Waals surface area contributed by atoms with Crippen molar-refractivity contribution < 1.29 is 4.79 Å². The van der Waals surface area contributed by atoms with Gasteiger partial charge < -0.3 is 5.73 Å². The van der Waals surface area contributed by atoms with Crippen LogP contribution in [0.1, 0.15) is 72.9 Å². The molecule has 1 amide bonds. The summed E-state index contributed by atoms with van der Waals surface area (Å²) in [5.41, 5.74) is 10.2. The molecule has 4 aliphatic carbocycles. The largest absolute Gasteiger partial charge is 0.366 e. The lowest BCUT2D eigenvalue weighted by Crippen LogP contribution is -2.65. The molecule has 1 saturated heterocycles. The second-order valence-electron chi connectivity index (χ2n) is 10.1. The van der Waals surface area contributed by atoms with Crippen LogP contribution in [0.15, 0.2) is 18.2 Å². The van der Waals surface area contributed by atoms with Crippen LogP contribution in [0.25, 0.3) is 0 Å². The zero-order valence-corrected chi connectivity index (χ0v) is 15.7. The molecule has 3 saturated carbocycles. The summed E-state index contributed by atoms with van der Waals surface area (Å²) < 4.78 is 0. The minimum Gasteiger partial charge on any atom is -0.366 e. The second kappa shape index (κ2) is 5.13. The van der Waals surface area contributed by atoms with E-state index in [2.05, 4.69) is 17.0 Å². The van der Waals surface area contributed by atoms with E-state index in [9.17, 15) is 4.79 Å². The third-order valence-electron chi connectivity index (χ3n) is 8.88. The molecule has 1 aliphatic heterocycles. The summed E-state index contributed by atoms with van der Waals surface area (Å²) in [4.78, 5) is 14.7. The van der Waals surface area contributed by atoms with Crippen LogP contribution < -0.4 is 5.73 Å². The molecule has 4 atom stereocenters. The molecule has 2 spiro atoms. The first-order valence-electron chi connectivity index (χ1n) is 10.8. The minimum atomic E-state index is -0.274. The lowest BCUT2D eigenvalue weighted by molar-refractivity contribution is -0.0845. The normalized spacial score (nSPS) is 40.8. The molecule has 2 N–H and O–H groups in total. The van der Waals surface area contributed by atoms with Crippen molar-refractivity contribution in [1.82, 2.24) is 4.90 Å². The van der Waals surface area contributed by atoms with E-state index in [0.29, 0.717) is 16.4 Å². The van der Waals surface area contributed by atoms with Crippen LogP contribution in [0, 0.1) is 17.3 Å². The summed E-state index contributed by atoms with van der Waals surface area (Å²) in [6, 6.07) is 7.19. The van der Waals surface area contributed by atoms with E-state index in [1.807, 2.05) is 6.07 Å². The average molecular weight is 351 g/mol. The minimum absolute atomic E-state index is 0.274. The second-order valence-corrected chi connectivity index (χ2v) is 10.1. The molecule has 4 fully saturated rings. The van der Waals surface area contributed by atoms with E-state index in [1.165, 1.54) is 82.0 Å². The van der Waals surface area contributed by atoms with Gasteiger partial charge >= 0.3 is 0 Å². The quantitative estimate of drug-likeness (QED) is 0.904. The Morgan fingerprint density at radius 3 is 2.85 bits per heavy atom. The third kappa shape index (κ3) is 1.86. The molecule has 4 unspecified atom stereocenters. The summed E-state index contributed by atoms with van der Waals surface area (Å²) in [5, 5.41) is 0. The fourth-order valence-electron chi connectivity index (χ4n) is 7.85. The zero-order chi connectivity index (χ0) is 17.5. The van der Waals surface area contributed by atoms with Crippen molar-refractivity contribution in [2.24, 2.45) is 23.0 Å². The van der Waals surface area contributed by atoms with Gasteiger partial charge in [0.25, 0.3) is 0 Å². The smallest absolute Gasteiger partial charge is 0.248 e. The Bertz CT molecular complexity index is 784. The van der Waals surface area contributed by atoms with Crippen molar-refractivity contribution in [3.63, 3.8) is 0 Å². The number of nitrogens with two attached hydrogens (primary N) is 1. The Balaban J connectivity index is 1.42. The Labute approximate surface area is 156 Å². The van der Waals surface area contributed by atoms with Crippen molar-refractivity contribution in [3.8, 4) is 0 Å². The summed E-state index contributed by atoms with van der Waals surface area (Å²) >= 11 is 0. The van der Waals surface area contributed by atoms with Gasteiger partial charge in [0.2, 0.25) is 5.91 Å². The maximum absolute atomic E-state index is 11.8. The van der Waals surface area contributed by atoms with E-state index in [4.69, 9.17) is 5.73 Å². The number of amides is 1. The molecule has 138 valence electrons. The zero-order valence-electron chi connectivity index (χ0n) is 15.7. The van der Waals surface area contributed by atoms with Crippen LogP contribution in [0.5, 0.6) is 0 Å². The number of carbonyl (C=O) groups excluding carboxylic acids is 1. The third-order valence-corrected chi connectivity index (χ3v) is 8.88. The molecular weight excluding hydrogens is 320 g/mol. The van der Waals surface area contributed by atoms with Crippen LogP contribution in [0.4, 0.5) is 0 Å². The fourth-order valence-corrected chi connectivity index (χ4v) is 7.85. The van der Waals surface area contributed by atoms with E-state index in [-0.39, 0.29) is 5.91 Å². The molecule has 3 heteroatoms. The Morgan fingerprint density at radius 2 is 2.08 bits per heavy atom. The summed E-state index contributed by atoms with van der Waals surface area (Å²) in [7, 11) is 0. The van der Waals surface area contributed by atoms with Crippen molar-refractivity contribution in [3.05, 3.63) is 34.9 Å². The molecule has 0 aromatic heterocycles. The Hall–Kier alpha value is -1.35. The average Bonchev–Trinajstić information content (AvgIpc) is 2.76. The predicted octanol–water partition coefficient (Wildman–Crippen LogP) is 3.64. The Kier molecular flexibility index (Phi) is 3.09. The maximum atomic E-state index is 11.8. The molecule has 1 heterocycles. The van der Waals surface area contributed by atoms with Crippen molar-refractivity contribution >= 4 is 5.91 Å². The summed E-state index contributed by atoms with van der Waals surface area (Å²) in [5.74, 6) is 1.50. The van der Waals surface area contributed by atoms with E-state index < -0.39 is 0 Å². The number of rotatable bonds is 3. The SMILES string of the molecule is NC(=O)c1ccc2c(c1)C13CCCCC1C1N(CC4CCC4)CC1(C2)C3. The number of hydrogen-bond acceptors (Lipinski definition) is 2. The first kappa shape index (κ1) is 15.7. The summed E-state index contributed by atoms with van der Waals surface area (Å²) in [6.45, 7) is 2.67. The lowest BCUT2D eigenvalue weighted by atomic mass is 9.59. The maximum Gasteiger partial charge on any atom is 0.248 e. The van der Waals surface area contributed by atoms with E-state index >= 15 is 0 Å². The van der Waals surface area contributed by atoms with Gasteiger partial charge in [-0.25, -0.2) is 0 Å². The van der Waals surface area contributed by atoms with Gasteiger partial charge in [-0.15, -0.1) is 0 Å². The van der Waals surface area contributed by atoms with Crippen molar-refractivity contribution in [2.75, 3.05) is 13.1 Å². The van der Waals surface area contributed by atoms with Crippen LogP contribution in [-0.2, 0) is 11.8 Å². The highest BCUT2D eigenvalue weighted by Gasteiger charge is 2.70. The van der Waals surface area contributed by atoms with Gasteiger partial charge in [0.05, 0.1) is 0 Å². The first-order valence-corrected chi connectivity index (χ1v) is 10.8. The highest BCUT2D eigenvalue weighted by Crippen LogP contribution is 2.70. The molecule has 6 rings (SSSR count). The van der Waals surface area contributed by atoms with Gasteiger partial charge in [0, 0.05) is 35.5 Å². The van der Waals surface area contributed by atoms with Crippen LogP contribution in [-0.4, -0.2) is 29.9 Å². The van der Waals surface area contributed by atoms with Crippen LogP contribution in [0.3, 0.4) is 0 Å². The highest BCUT2D eigenvalue weighted by atomic mass is 16.1. The number of fused-ring (bicyclic) bond motifs is 2. The number of carbonyl (C=O) groups is 1. The number of nitrogens with zero attached hydrogens (tertiary/aromatic N) is 1. The number of primary amides is 1. The Morgan fingerprint density at radius 1 is 1.19 bits per heavy atom. The molecule has 1 aromatic carbocycles. The van der Waals surface area contributed by atoms with E-state index in [0.717, 1.165) is 17.9 Å².